The third-order valence-electron chi connectivity index (χ3n) is 2.48. The Bertz CT molecular complexity index is 125. The normalized spacial score (nSPS) is 47.1. The molecule has 3 fully saturated rings. The lowest BCUT2D eigenvalue weighted by molar-refractivity contribution is 0.124. The van der Waals surface area contributed by atoms with Crippen molar-refractivity contribution in [1.29, 1.82) is 0 Å². The molecule has 3 aliphatic rings. The zero-order valence-corrected chi connectivity index (χ0v) is 6.05. The smallest absolute Gasteiger partial charge is 0.0620 e. The first-order chi connectivity index (χ1) is 4.86. The third-order valence-corrected chi connectivity index (χ3v) is 2.48. The van der Waals surface area contributed by atoms with Crippen molar-refractivity contribution in [3.05, 3.63) is 0 Å². The van der Waals surface area contributed by atoms with Crippen LogP contribution < -0.4 is 11.1 Å². The first kappa shape index (κ1) is 6.58. The van der Waals surface area contributed by atoms with Gasteiger partial charge in [0.2, 0.25) is 0 Å². The minimum absolute atomic E-state index is 0.369. The second-order valence-corrected chi connectivity index (χ2v) is 3.30. The Balaban J connectivity index is 2.07. The van der Waals surface area contributed by atoms with E-state index in [9.17, 15) is 0 Å². The Morgan fingerprint density at radius 1 is 1.40 bits per heavy atom. The number of ether oxygens (including phenoxy) is 1. The summed E-state index contributed by atoms with van der Waals surface area (Å²) in [7, 11) is 0. The molecule has 3 saturated heterocycles. The highest BCUT2D eigenvalue weighted by molar-refractivity contribution is 4.89. The van der Waals surface area contributed by atoms with E-state index in [1.165, 1.54) is 0 Å². The summed E-state index contributed by atoms with van der Waals surface area (Å²) < 4.78 is 5.41. The van der Waals surface area contributed by atoms with E-state index in [2.05, 4.69) is 5.32 Å². The minimum Gasteiger partial charge on any atom is -0.379 e. The van der Waals surface area contributed by atoms with Gasteiger partial charge >= 0.3 is 0 Å². The largest absolute Gasteiger partial charge is 0.379 e. The van der Waals surface area contributed by atoms with Gasteiger partial charge in [0, 0.05) is 24.5 Å². The van der Waals surface area contributed by atoms with Crippen LogP contribution >= 0.6 is 0 Å². The highest BCUT2D eigenvalue weighted by atomic mass is 16.5. The van der Waals surface area contributed by atoms with Crippen LogP contribution in [-0.2, 0) is 4.74 Å². The molecule has 58 valence electrons. The molecule has 3 aliphatic heterocycles. The van der Waals surface area contributed by atoms with Gasteiger partial charge in [0.25, 0.3) is 0 Å². The molecule has 0 radical (unpaired) electrons. The summed E-state index contributed by atoms with van der Waals surface area (Å²) in [5.74, 6) is 0.554. The summed E-state index contributed by atoms with van der Waals surface area (Å²) >= 11 is 0. The zero-order chi connectivity index (χ0) is 6.97. The van der Waals surface area contributed by atoms with Crippen LogP contribution in [0, 0.1) is 5.92 Å². The van der Waals surface area contributed by atoms with Crippen LogP contribution in [0.25, 0.3) is 0 Å². The number of piperidine rings is 1. The number of nitrogens with one attached hydrogen (secondary N) is 1. The lowest BCUT2D eigenvalue weighted by Crippen LogP contribution is -2.49. The average molecular weight is 142 g/mol. The maximum atomic E-state index is 5.90. The Morgan fingerprint density at radius 2 is 2.30 bits per heavy atom. The second kappa shape index (κ2) is 2.49. The molecule has 0 saturated carbocycles. The summed E-state index contributed by atoms with van der Waals surface area (Å²) in [6.07, 6.45) is 1.09. The van der Waals surface area contributed by atoms with Crippen LogP contribution in [0.1, 0.15) is 6.42 Å². The summed E-state index contributed by atoms with van der Waals surface area (Å²) in [6.45, 7) is 2.75. The van der Waals surface area contributed by atoms with Crippen molar-refractivity contribution < 1.29 is 4.74 Å². The summed E-state index contributed by atoms with van der Waals surface area (Å²) in [6, 6.07) is 0.891. The van der Waals surface area contributed by atoms with Gasteiger partial charge in [-0.15, -0.1) is 0 Å². The topological polar surface area (TPSA) is 47.3 Å². The van der Waals surface area contributed by atoms with Crippen molar-refractivity contribution in [2.45, 2.75) is 18.5 Å². The highest BCUT2D eigenvalue weighted by Crippen LogP contribution is 2.18. The van der Waals surface area contributed by atoms with Crippen molar-refractivity contribution in [2.24, 2.45) is 11.7 Å². The summed E-state index contributed by atoms with van der Waals surface area (Å²) in [5, 5.41) is 3.41. The van der Waals surface area contributed by atoms with E-state index in [0.29, 0.717) is 18.0 Å². The van der Waals surface area contributed by atoms with Crippen LogP contribution in [-0.4, -0.2) is 31.8 Å². The lowest BCUT2D eigenvalue weighted by atomic mass is 9.92. The molecule has 3 N–H and O–H groups in total. The van der Waals surface area contributed by atoms with E-state index < -0.39 is 0 Å². The zero-order valence-electron chi connectivity index (χ0n) is 6.05. The van der Waals surface area contributed by atoms with Gasteiger partial charge in [-0.3, -0.25) is 0 Å². The standard InChI is InChI=1S/C7H14N2O/c8-7-1-6-4-10-3-5(7)2-9-6/h5-7,9H,1-4,8H2. The van der Waals surface area contributed by atoms with Gasteiger partial charge in [0.05, 0.1) is 13.2 Å². The fourth-order valence-electron chi connectivity index (χ4n) is 1.74. The molecular formula is C7H14N2O. The summed E-state index contributed by atoms with van der Waals surface area (Å²) in [4.78, 5) is 0. The maximum absolute atomic E-state index is 5.90. The molecule has 3 heteroatoms. The molecule has 3 nitrogen and oxygen atoms in total. The van der Waals surface area contributed by atoms with Crippen molar-refractivity contribution >= 4 is 0 Å². The van der Waals surface area contributed by atoms with Crippen LogP contribution in [0.15, 0.2) is 0 Å². The van der Waals surface area contributed by atoms with Crippen molar-refractivity contribution in [3.8, 4) is 0 Å². The molecule has 0 amide bonds. The van der Waals surface area contributed by atoms with Gasteiger partial charge in [-0.2, -0.15) is 0 Å². The molecule has 2 bridgehead atoms. The van der Waals surface area contributed by atoms with Crippen LogP contribution in [0.5, 0.6) is 0 Å². The van der Waals surface area contributed by atoms with Crippen LogP contribution in [0.3, 0.4) is 0 Å². The number of hydrogen-bond donors (Lipinski definition) is 2. The maximum Gasteiger partial charge on any atom is 0.0620 e. The Morgan fingerprint density at radius 3 is 3.10 bits per heavy atom. The Kier molecular flexibility index (Phi) is 1.64. The van der Waals surface area contributed by atoms with E-state index in [4.69, 9.17) is 10.5 Å². The van der Waals surface area contributed by atoms with Gasteiger partial charge in [-0.1, -0.05) is 0 Å². The van der Waals surface area contributed by atoms with Crippen LogP contribution in [0.2, 0.25) is 0 Å². The van der Waals surface area contributed by atoms with Crippen LogP contribution in [0.4, 0.5) is 0 Å². The van der Waals surface area contributed by atoms with Gasteiger partial charge in [0.1, 0.15) is 0 Å². The number of nitrogens with two attached hydrogens (primary N) is 1. The predicted octanol–water partition coefficient (Wildman–Crippen LogP) is -0.678. The van der Waals surface area contributed by atoms with Gasteiger partial charge in [-0.05, 0) is 6.42 Å². The number of fused-ring (bicyclic) bond motifs is 4. The molecule has 0 aromatic heterocycles. The van der Waals surface area contributed by atoms with E-state index >= 15 is 0 Å². The van der Waals surface area contributed by atoms with E-state index in [0.717, 1.165) is 26.2 Å². The van der Waals surface area contributed by atoms with E-state index in [1.54, 1.807) is 0 Å². The fourth-order valence-corrected chi connectivity index (χ4v) is 1.74. The number of rotatable bonds is 0. The Hall–Kier alpha value is -0.120. The highest BCUT2D eigenvalue weighted by Gasteiger charge is 2.30. The molecule has 0 aliphatic carbocycles. The monoisotopic (exact) mass is 142 g/mol. The molecule has 0 spiro atoms. The van der Waals surface area contributed by atoms with Crippen molar-refractivity contribution in [1.82, 2.24) is 5.32 Å². The first-order valence-electron chi connectivity index (χ1n) is 3.93. The quantitative estimate of drug-likeness (QED) is 0.471. The average Bonchev–Trinajstić information content (AvgIpc) is 2.20. The van der Waals surface area contributed by atoms with Gasteiger partial charge in [-0.25, -0.2) is 0 Å². The SMILES string of the molecule is NC1CC2COCC1CN2. The van der Waals surface area contributed by atoms with E-state index in [-0.39, 0.29) is 0 Å². The number of hydrogen-bond acceptors (Lipinski definition) is 3. The predicted molar refractivity (Wildman–Crippen MR) is 38.7 cm³/mol. The molecule has 3 unspecified atom stereocenters. The molecule has 10 heavy (non-hydrogen) atoms. The molecule has 3 heterocycles. The molecule has 0 aromatic rings. The first-order valence-corrected chi connectivity index (χ1v) is 3.93. The molecule has 3 atom stereocenters. The second-order valence-electron chi connectivity index (χ2n) is 3.30. The van der Waals surface area contributed by atoms with Crippen molar-refractivity contribution in [2.75, 3.05) is 19.8 Å². The minimum atomic E-state index is 0.369. The van der Waals surface area contributed by atoms with Crippen molar-refractivity contribution in [3.63, 3.8) is 0 Å². The summed E-state index contributed by atoms with van der Waals surface area (Å²) in [5.41, 5.74) is 5.90. The van der Waals surface area contributed by atoms with Gasteiger partial charge < -0.3 is 15.8 Å². The third kappa shape index (κ3) is 1.05. The van der Waals surface area contributed by atoms with Gasteiger partial charge in [0.15, 0.2) is 0 Å². The lowest BCUT2D eigenvalue weighted by Gasteiger charge is -2.29. The molecule has 3 rings (SSSR count). The molecule has 0 aromatic carbocycles. The Labute approximate surface area is 60.9 Å². The molecular weight excluding hydrogens is 128 g/mol. The van der Waals surface area contributed by atoms with E-state index in [1.807, 2.05) is 0 Å². The fraction of sp³-hybridized carbons (Fsp3) is 1.00.